The van der Waals surface area contributed by atoms with E-state index < -0.39 is 0 Å². The predicted octanol–water partition coefficient (Wildman–Crippen LogP) is 9.61. The Hall–Kier alpha value is -7.67. The van der Waals surface area contributed by atoms with E-state index in [1.165, 1.54) is 12.1 Å². The van der Waals surface area contributed by atoms with E-state index in [1.807, 2.05) is 77.4 Å². The van der Waals surface area contributed by atoms with Crippen molar-refractivity contribution in [3.63, 3.8) is 0 Å². The molecule has 13 heteroatoms. The maximum absolute atomic E-state index is 14.1. The molecule has 0 spiro atoms. The Bertz CT molecular complexity index is 3030. The van der Waals surface area contributed by atoms with Crippen LogP contribution in [0.4, 0.5) is 16.0 Å². The fourth-order valence-electron chi connectivity index (χ4n) is 8.48. The van der Waals surface area contributed by atoms with Crippen LogP contribution >= 0.6 is 0 Å². The number of carbonyl (C=O) groups excluding carboxylic acids is 2. The molecule has 2 aliphatic rings. The van der Waals surface area contributed by atoms with Gasteiger partial charge in [0.25, 0.3) is 0 Å². The number of rotatable bonds is 6. The molecule has 63 heavy (non-hydrogen) atoms. The van der Waals surface area contributed by atoms with Gasteiger partial charge in [-0.25, -0.2) is 24.3 Å². The van der Waals surface area contributed by atoms with Gasteiger partial charge in [-0.2, -0.15) is 0 Å². The first-order chi connectivity index (χ1) is 30.2. The van der Waals surface area contributed by atoms with E-state index in [-0.39, 0.29) is 28.2 Å². The number of carbonyl (C=O) groups is 2. The quantitative estimate of drug-likeness (QED) is 0.164. The molecule has 10 rings (SSSR count). The Kier molecular flexibility index (Phi) is 10.3. The summed E-state index contributed by atoms with van der Waals surface area (Å²) in [6.45, 7) is 8.33. The molecule has 2 aromatic carbocycles. The van der Waals surface area contributed by atoms with Crippen molar-refractivity contribution in [2.45, 2.75) is 53.4 Å². The molecule has 0 aliphatic heterocycles. The molecule has 0 fully saturated rings. The molecule has 12 nitrogen and oxygen atoms in total. The minimum atomic E-state index is -0.367. The summed E-state index contributed by atoms with van der Waals surface area (Å²) in [6.07, 6.45) is 9.36. The van der Waals surface area contributed by atoms with Crippen molar-refractivity contribution in [2.75, 3.05) is 11.5 Å². The molecule has 0 saturated carbocycles. The third-order valence-electron chi connectivity index (χ3n) is 11.4. The number of ketones is 2. The normalized spacial score (nSPS) is 14.9. The zero-order valence-electron chi connectivity index (χ0n) is 35.4. The lowest BCUT2D eigenvalue weighted by Crippen LogP contribution is -2.28. The lowest BCUT2D eigenvalue weighted by molar-refractivity contribution is 0.0900. The molecular formula is C50H45FN10O2. The Morgan fingerprint density at radius 3 is 1.57 bits per heavy atom. The summed E-state index contributed by atoms with van der Waals surface area (Å²) >= 11 is 0. The number of aromatic nitrogens is 8. The van der Waals surface area contributed by atoms with Crippen LogP contribution in [0.15, 0.2) is 128 Å². The number of hydrogen-bond donors (Lipinski definition) is 2. The summed E-state index contributed by atoms with van der Waals surface area (Å²) in [5.74, 6) is 1.85. The highest BCUT2D eigenvalue weighted by Crippen LogP contribution is 2.39. The molecule has 0 saturated heterocycles. The monoisotopic (exact) mass is 836 g/mol. The number of nitrogens with two attached hydrogens (primary N) is 2. The van der Waals surface area contributed by atoms with Crippen molar-refractivity contribution < 1.29 is 14.0 Å². The summed E-state index contributed by atoms with van der Waals surface area (Å²) in [4.78, 5) is 53.0. The Balaban J connectivity index is 0.000000160. The molecule has 0 atom stereocenters. The minimum Gasteiger partial charge on any atom is -0.383 e. The van der Waals surface area contributed by atoms with E-state index >= 15 is 0 Å². The maximum atomic E-state index is 14.1. The molecule has 0 amide bonds. The number of anilines is 2. The smallest absolute Gasteiger partial charge is 0.165 e. The Labute approximate surface area is 364 Å². The van der Waals surface area contributed by atoms with E-state index in [1.54, 1.807) is 47.6 Å². The number of nitrogens with zero attached hydrogens (tertiary/aromatic N) is 8. The number of nitrogen functional groups attached to an aromatic ring is 2. The van der Waals surface area contributed by atoms with Crippen molar-refractivity contribution in [2.24, 2.45) is 10.8 Å². The number of pyridine rings is 4. The average molecular weight is 837 g/mol. The van der Waals surface area contributed by atoms with Crippen LogP contribution in [0.5, 0.6) is 0 Å². The summed E-state index contributed by atoms with van der Waals surface area (Å²) in [5, 5.41) is 0. The van der Waals surface area contributed by atoms with Gasteiger partial charge in [0.1, 0.15) is 40.2 Å². The van der Waals surface area contributed by atoms with Crippen LogP contribution in [0.1, 0.15) is 72.6 Å². The fourth-order valence-corrected chi connectivity index (χ4v) is 8.48. The molecule has 6 heterocycles. The Morgan fingerprint density at radius 2 is 1.05 bits per heavy atom. The van der Waals surface area contributed by atoms with E-state index in [9.17, 15) is 14.0 Å². The standard InChI is InChI=1S/C26H23FN4O.C24H22N6O/c1-26(2)14-21-19(22(32)15-26)11-12-20(29-21)25-30-23(16-7-4-3-5-8-16)24(28)31(25)18-10-6-9-17(27)13-18;1-24(2)11-19-17(20(31)12-24)7-8-18(28-19)23-29-21(15-5-3-9-26-13-15)22(25)30(23)16-6-4-10-27-14-16/h3-13H,14-15,28H2,1-2H3;3-10,13-14H,11-12,25H2,1-2H3. The topological polar surface area (TPSA) is 173 Å². The highest BCUT2D eigenvalue weighted by Gasteiger charge is 2.34. The summed E-state index contributed by atoms with van der Waals surface area (Å²) < 4.78 is 17.6. The molecule has 6 aromatic heterocycles. The second-order valence-corrected chi connectivity index (χ2v) is 17.6. The number of benzene rings is 2. The second kappa shape index (κ2) is 16.0. The zero-order valence-corrected chi connectivity index (χ0v) is 35.4. The third kappa shape index (κ3) is 8.00. The molecular weight excluding hydrogens is 792 g/mol. The van der Waals surface area contributed by atoms with Crippen molar-refractivity contribution in [1.29, 1.82) is 0 Å². The van der Waals surface area contributed by atoms with Gasteiger partial charge in [-0.15, -0.1) is 0 Å². The largest absolute Gasteiger partial charge is 0.383 e. The number of hydrogen-bond acceptors (Lipinski definition) is 10. The second-order valence-electron chi connectivity index (χ2n) is 17.6. The van der Waals surface area contributed by atoms with Crippen molar-refractivity contribution in [3.05, 3.63) is 156 Å². The van der Waals surface area contributed by atoms with Gasteiger partial charge in [0.2, 0.25) is 0 Å². The molecule has 4 N–H and O–H groups in total. The average Bonchev–Trinajstić information content (AvgIpc) is 3.80. The van der Waals surface area contributed by atoms with Gasteiger partial charge in [-0.1, -0.05) is 64.1 Å². The van der Waals surface area contributed by atoms with Gasteiger partial charge in [0.05, 0.1) is 29.0 Å². The zero-order chi connectivity index (χ0) is 44.0. The first-order valence-corrected chi connectivity index (χ1v) is 20.7. The van der Waals surface area contributed by atoms with E-state index in [0.717, 1.165) is 34.6 Å². The van der Waals surface area contributed by atoms with E-state index in [2.05, 4.69) is 37.7 Å². The molecule has 314 valence electrons. The number of imidazole rings is 2. The minimum absolute atomic E-state index is 0.105. The van der Waals surface area contributed by atoms with Crippen LogP contribution in [-0.4, -0.2) is 50.6 Å². The van der Waals surface area contributed by atoms with Gasteiger partial charge >= 0.3 is 0 Å². The van der Waals surface area contributed by atoms with Gasteiger partial charge in [-0.3, -0.25) is 28.7 Å². The molecule has 0 unspecified atom stereocenters. The first-order valence-electron chi connectivity index (χ1n) is 20.7. The SMILES string of the molecule is CC1(C)CC(=O)c2ccc(-c3nc(-c4ccccc4)c(N)n3-c3cccc(F)c3)nc2C1.CC1(C)CC(=O)c2ccc(-c3nc(-c4cccnc4)c(N)n3-c3cccnc3)nc2C1. The lowest BCUT2D eigenvalue weighted by atomic mass is 9.75. The predicted molar refractivity (Wildman–Crippen MR) is 242 cm³/mol. The van der Waals surface area contributed by atoms with Gasteiger partial charge in [-0.05, 0) is 90.4 Å². The summed E-state index contributed by atoms with van der Waals surface area (Å²) in [5.41, 5.74) is 21.3. The number of fused-ring (bicyclic) bond motifs is 2. The van der Waals surface area contributed by atoms with Crippen LogP contribution in [0.3, 0.4) is 0 Å². The van der Waals surface area contributed by atoms with Gasteiger partial charge < -0.3 is 11.5 Å². The lowest BCUT2D eigenvalue weighted by Gasteiger charge is -2.29. The van der Waals surface area contributed by atoms with Gasteiger partial charge in [0.15, 0.2) is 23.2 Å². The first kappa shape index (κ1) is 40.7. The molecule has 2 aliphatic carbocycles. The van der Waals surface area contributed by atoms with Crippen LogP contribution in [0.2, 0.25) is 0 Å². The van der Waals surface area contributed by atoms with E-state index in [0.29, 0.717) is 82.1 Å². The van der Waals surface area contributed by atoms with Crippen LogP contribution < -0.4 is 11.5 Å². The van der Waals surface area contributed by atoms with Crippen LogP contribution in [0, 0.1) is 16.6 Å². The maximum Gasteiger partial charge on any atom is 0.165 e. The van der Waals surface area contributed by atoms with Crippen LogP contribution in [-0.2, 0) is 12.8 Å². The molecule has 0 bridgehead atoms. The Morgan fingerprint density at radius 1 is 0.540 bits per heavy atom. The van der Waals surface area contributed by atoms with Crippen molar-refractivity contribution >= 4 is 23.2 Å². The highest BCUT2D eigenvalue weighted by atomic mass is 19.1. The molecule has 8 aromatic rings. The van der Waals surface area contributed by atoms with Crippen LogP contribution in [0.25, 0.3) is 56.9 Å². The number of halogens is 1. The number of Topliss-reactive ketones (excluding diaryl/α,β-unsaturated/α-hetero) is 2. The fraction of sp³-hybridized carbons (Fsp3) is 0.200. The van der Waals surface area contributed by atoms with Gasteiger partial charge in [0, 0.05) is 53.7 Å². The summed E-state index contributed by atoms with van der Waals surface area (Å²) in [7, 11) is 0. The van der Waals surface area contributed by atoms with Crippen molar-refractivity contribution in [1.82, 2.24) is 39.0 Å². The molecule has 0 radical (unpaired) electrons. The summed E-state index contributed by atoms with van der Waals surface area (Å²) in [6, 6.07) is 30.7. The van der Waals surface area contributed by atoms with Crippen molar-refractivity contribution in [3.8, 4) is 56.9 Å². The van der Waals surface area contributed by atoms with E-state index in [4.69, 9.17) is 31.4 Å². The third-order valence-corrected chi connectivity index (χ3v) is 11.4. The highest BCUT2D eigenvalue weighted by molar-refractivity contribution is 5.99.